The van der Waals surface area contributed by atoms with E-state index < -0.39 is 5.97 Å². The summed E-state index contributed by atoms with van der Waals surface area (Å²) in [5.74, 6) is -0.368. The first-order chi connectivity index (χ1) is 11.6. The fraction of sp³-hybridized carbons (Fsp3) is 0.200. The molecule has 0 bridgehead atoms. The zero-order valence-corrected chi connectivity index (χ0v) is 13.5. The molecule has 0 heterocycles. The van der Waals surface area contributed by atoms with Crippen molar-refractivity contribution in [3.8, 4) is 22.9 Å². The van der Waals surface area contributed by atoms with Crippen molar-refractivity contribution < 1.29 is 14.6 Å². The molecule has 2 aromatic rings. The smallest absolute Gasteiger partial charge is 0.346 e. The van der Waals surface area contributed by atoms with Gasteiger partial charge >= 0.3 is 5.97 Å². The quantitative estimate of drug-likeness (QED) is 0.462. The molecule has 0 radical (unpaired) electrons. The Balaban J connectivity index is 2.11. The highest BCUT2D eigenvalue weighted by molar-refractivity contribution is 5.96. The summed E-state index contributed by atoms with van der Waals surface area (Å²) in [7, 11) is 0. The number of benzene rings is 2. The van der Waals surface area contributed by atoms with Crippen LogP contribution in [0.15, 0.2) is 54.1 Å². The summed E-state index contributed by atoms with van der Waals surface area (Å²) in [6, 6.07) is 16.9. The van der Waals surface area contributed by atoms with Crippen LogP contribution in [0.5, 0.6) is 5.75 Å². The second-order valence-electron chi connectivity index (χ2n) is 5.32. The van der Waals surface area contributed by atoms with E-state index in [4.69, 9.17) is 15.1 Å². The predicted molar refractivity (Wildman–Crippen MR) is 93.5 cm³/mol. The monoisotopic (exact) mass is 321 g/mol. The van der Waals surface area contributed by atoms with Gasteiger partial charge < -0.3 is 9.84 Å². The van der Waals surface area contributed by atoms with Gasteiger partial charge in [-0.05, 0) is 41.3 Å². The molecule has 0 saturated carbocycles. The number of aliphatic carboxylic acids is 1. The molecule has 4 heteroatoms. The number of unbranched alkanes of at least 4 members (excludes halogenated alkanes) is 1. The van der Waals surface area contributed by atoms with Gasteiger partial charge in [0.2, 0.25) is 0 Å². The Morgan fingerprint density at radius 1 is 1.12 bits per heavy atom. The Morgan fingerprint density at radius 2 is 1.71 bits per heavy atom. The highest BCUT2D eigenvalue weighted by Crippen LogP contribution is 2.23. The van der Waals surface area contributed by atoms with E-state index in [1.54, 1.807) is 18.2 Å². The van der Waals surface area contributed by atoms with Crippen molar-refractivity contribution in [1.29, 1.82) is 5.26 Å². The van der Waals surface area contributed by atoms with Gasteiger partial charge in [0.1, 0.15) is 17.4 Å². The number of rotatable bonds is 7. The lowest BCUT2D eigenvalue weighted by molar-refractivity contribution is -0.132. The molecule has 0 aliphatic rings. The van der Waals surface area contributed by atoms with Crippen LogP contribution in [0.2, 0.25) is 0 Å². The molecule has 24 heavy (non-hydrogen) atoms. The highest BCUT2D eigenvalue weighted by atomic mass is 16.5. The molecule has 0 unspecified atom stereocenters. The van der Waals surface area contributed by atoms with Crippen molar-refractivity contribution in [2.24, 2.45) is 0 Å². The second-order valence-corrected chi connectivity index (χ2v) is 5.32. The van der Waals surface area contributed by atoms with Gasteiger partial charge in [-0.15, -0.1) is 0 Å². The van der Waals surface area contributed by atoms with E-state index in [0.717, 1.165) is 36.3 Å². The zero-order chi connectivity index (χ0) is 17.4. The van der Waals surface area contributed by atoms with E-state index >= 15 is 0 Å². The van der Waals surface area contributed by atoms with E-state index in [2.05, 4.69) is 6.92 Å². The van der Waals surface area contributed by atoms with Crippen molar-refractivity contribution in [3.63, 3.8) is 0 Å². The summed E-state index contributed by atoms with van der Waals surface area (Å²) in [5.41, 5.74) is 2.46. The van der Waals surface area contributed by atoms with Crippen molar-refractivity contribution in [2.75, 3.05) is 6.61 Å². The second kappa shape index (κ2) is 8.54. The molecular formula is C20H19NO3. The molecule has 4 nitrogen and oxygen atoms in total. The summed E-state index contributed by atoms with van der Waals surface area (Å²) in [4.78, 5) is 10.8. The molecule has 2 aromatic carbocycles. The number of carboxylic acids is 1. The molecule has 0 fully saturated rings. The summed E-state index contributed by atoms with van der Waals surface area (Å²) < 4.78 is 5.64. The summed E-state index contributed by atoms with van der Waals surface area (Å²) in [6.07, 6.45) is 3.50. The van der Waals surface area contributed by atoms with E-state index in [1.165, 1.54) is 6.08 Å². The topological polar surface area (TPSA) is 70.3 Å². The maximum absolute atomic E-state index is 10.8. The minimum absolute atomic E-state index is 0.281. The van der Waals surface area contributed by atoms with E-state index in [9.17, 15) is 4.79 Å². The highest BCUT2D eigenvalue weighted by Gasteiger charge is 2.05. The summed E-state index contributed by atoms with van der Waals surface area (Å²) in [5, 5.41) is 17.7. The number of hydrogen-bond acceptors (Lipinski definition) is 3. The lowest BCUT2D eigenvalue weighted by atomic mass is 10.0. The van der Waals surface area contributed by atoms with Crippen LogP contribution >= 0.6 is 0 Å². The Kier molecular flexibility index (Phi) is 6.16. The fourth-order valence-electron chi connectivity index (χ4n) is 2.16. The minimum Gasteiger partial charge on any atom is -0.494 e. The van der Waals surface area contributed by atoms with Crippen LogP contribution < -0.4 is 4.74 Å². The summed E-state index contributed by atoms with van der Waals surface area (Å²) >= 11 is 0. The van der Waals surface area contributed by atoms with Gasteiger partial charge in [0.25, 0.3) is 0 Å². The van der Waals surface area contributed by atoms with E-state index in [-0.39, 0.29) is 5.57 Å². The average Bonchev–Trinajstić information content (AvgIpc) is 2.61. The molecule has 0 aliphatic heterocycles. The van der Waals surface area contributed by atoms with Gasteiger partial charge in [-0.2, -0.15) is 5.26 Å². The molecular weight excluding hydrogens is 302 g/mol. The van der Waals surface area contributed by atoms with Crippen LogP contribution in [0, 0.1) is 11.3 Å². The Hall–Kier alpha value is -3.06. The third-order valence-electron chi connectivity index (χ3n) is 3.53. The van der Waals surface area contributed by atoms with E-state index in [0.29, 0.717) is 5.56 Å². The van der Waals surface area contributed by atoms with Crippen LogP contribution in [-0.2, 0) is 4.79 Å². The van der Waals surface area contributed by atoms with Crippen molar-refractivity contribution in [3.05, 3.63) is 59.7 Å². The Bertz CT molecular complexity index is 753. The molecule has 2 rings (SSSR count). The maximum Gasteiger partial charge on any atom is 0.346 e. The van der Waals surface area contributed by atoms with Crippen molar-refractivity contribution in [2.45, 2.75) is 19.8 Å². The summed E-state index contributed by atoms with van der Waals surface area (Å²) in [6.45, 7) is 2.85. The number of carboxylic acid groups (broad SMARTS) is 1. The zero-order valence-electron chi connectivity index (χ0n) is 13.5. The predicted octanol–water partition coefficient (Wildman–Crippen LogP) is 4.52. The lowest BCUT2D eigenvalue weighted by Crippen LogP contribution is -1.97. The van der Waals surface area contributed by atoms with Crippen LogP contribution in [0.1, 0.15) is 25.3 Å². The van der Waals surface area contributed by atoms with Crippen LogP contribution in [0.25, 0.3) is 17.2 Å². The number of nitriles is 1. The van der Waals surface area contributed by atoms with E-state index in [1.807, 2.05) is 36.4 Å². The van der Waals surface area contributed by atoms with Gasteiger partial charge in [-0.3, -0.25) is 0 Å². The fourth-order valence-corrected chi connectivity index (χ4v) is 2.16. The normalized spacial score (nSPS) is 10.9. The molecule has 0 aliphatic carbocycles. The third kappa shape index (κ3) is 4.72. The minimum atomic E-state index is -1.22. The number of hydrogen-bond donors (Lipinski definition) is 1. The first kappa shape index (κ1) is 17.3. The molecule has 0 aromatic heterocycles. The van der Waals surface area contributed by atoms with Gasteiger partial charge in [-0.1, -0.05) is 49.7 Å². The number of carbonyl (C=O) groups is 1. The van der Waals surface area contributed by atoms with Gasteiger partial charge in [-0.25, -0.2) is 4.79 Å². The van der Waals surface area contributed by atoms with Gasteiger partial charge in [0, 0.05) is 0 Å². The Morgan fingerprint density at radius 3 is 2.21 bits per heavy atom. The average molecular weight is 321 g/mol. The van der Waals surface area contributed by atoms with Crippen molar-refractivity contribution >= 4 is 12.0 Å². The van der Waals surface area contributed by atoms with Crippen LogP contribution in [-0.4, -0.2) is 17.7 Å². The molecule has 1 N–H and O–H groups in total. The van der Waals surface area contributed by atoms with Crippen LogP contribution in [0.3, 0.4) is 0 Å². The Labute approximate surface area is 141 Å². The molecule has 0 saturated heterocycles. The number of ether oxygens (including phenoxy) is 1. The van der Waals surface area contributed by atoms with Crippen molar-refractivity contribution in [1.82, 2.24) is 0 Å². The molecule has 0 amide bonds. The first-order valence-corrected chi connectivity index (χ1v) is 7.82. The van der Waals surface area contributed by atoms with Crippen LogP contribution in [0.4, 0.5) is 0 Å². The third-order valence-corrected chi connectivity index (χ3v) is 3.53. The standard InChI is InChI=1S/C20H19NO3/c1-2-3-12-24-19-10-8-17(9-11-19)16-6-4-15(5-7-16)13-18(14-21)20(22)23/h4-11,13H,2-3,12H2,1H3,(H,22,23). The first-order valence-electron chi connectivity index (χ1n) is 7.82. The SMILES string of the molecule is CCCCOc1ccc(-c2ccc(C=C(C#N)C(=O)O)cc2)cc1. The largest absolute Gasteiger partial charge is 0.494 e. The molecule has 0 atom stereocenters. The molecule has 122 valence electrons. The van der Waals surface area contributed by atoms with Gasteiger partial charge in [0.15, 0.2) is 0 Å². The van der Waals surface area contributed by atoms with Gasteiger partial charge in [0.05, 0.1) is 6.61 Å². The lowest BCUT2D eigenvalue weighted by Gasteiger charge is -2.07. The maximum atomic E-state index is 10.8. The molecule has 0 spiro atoms. The number of nitrogens with zero attached hydrogens (tertiary/aromatic N) is 1.